The van der Waals surface area contributed by atoms with Crippen LogP contribution in [-0.4, -0.2) is 44.9 Å². The molecular weight excluding hydrogens is 380 g/mol. The quantitative estimate of drug-likeness (QED) is 0.675. The molecule has 1 aliphatic rings. The van der Waals surface area contributed by atoms with Crippen LogP contribution >= 0.6 is 0 Å². The zero-order chi connectivity index (χ0) is 21.1. The summed E-state index contributed by atoms with van der Waals surface area (Å²) in [6, 6.07) is 13.7. The third-order valence-electron chi connectivity index (χ3n) is 5.19. The summed E-state index contributed by atoms with van der Waals surface area (Å²) < 4.78 is 12.0. The van der Waals surface area contributed by atoms with Crippen LogP contribution in [0.2, 0.25) is 0 Å². The first-order valence-electron chi connectivity index (χ1n) is 10.4. The van der Waals surface area contributed by atoms with Crippen LogP contribution in [0.25, 0.3) is 10.9 Å². The van der Waals surface area contributed by atoms with Gasteiger partial charge in [0.05, 0.1) is 16.6 Å². The summed E-state index contributed by atoms with van der Waals surface area (Å²) in [5.74, 6) is 0.632. The van der Waals surface area contributed by atoms with Crippen molar-refractivity contribution in [1.29, 1.82) is 0 Å². The van der Waals surface area contributed by atoms with Crippen LogP contribution in [0.15, 0.2) is 48.7 Å². The predicted octanol–water partition coefficient (Wildman–Crippen LogP) is 4.73. The first-order chi connectivity index (χ1) is 14.4. The van der Waals surface area contributed by atoms with E-state index in [1.54, 1.807) is 11.1 Å². The van der Waals surface area contributed by atoms with Crippen molar-refractivity contribution in [3.8, 4) is 5.88 Å². The molecular formula is C23H28N4O3. The molecule has 1 fully saturated rings. The number of hydrogen-bond donors (Lipinski definition) is 1. The number of carbonyl (C=O) groups is 1. The van der Waals surface area contributed by atoms with Gasteiger partial charge in [-0.1, -0.05) is 18.2 Å². The second-order valence-electron chi connectivity index (χ2n) is 8.70. The summed E-state index contributed by atoms with van der Waals surface area (Å²) in [6.45, 7) is 6.89. The van der Waals surface area contributed by atoms with Crippen molar-refractivity contribution in [3.05, 3.63) is 54.4 Å². The zero-order valence-electron chi connectivity index (χ0n) is 17.7. The molecule has 3 heterocycles. The molecule has 0 radical (unpaired) electrons. The molecule has 3 aromatic rings. The minimum absolute atomic E-state index is 0.0802. The fraction of sp³-hybridized carbons (Fsp3) is 0.435. The topological polar surface area (TPSA) is 80.3 Å². The van der Waals surface area contributed by atoms with Crippen LogP contribution in [0.5, 0.6) is 5.88 Å². The fourth-order valence-corrected chi connectivity index (χ4v) is 3.84. The number of aromatic amines is 1. The largest absolute Gasteiger partial charge is 0.466 e. The molecule has 4 rings (SSSR count). The molecule has 0 saturated carbocycles. The highest BCUT2D eigenvalue weighted by Crippen LogP contribution is 2.35. The molecule has 2 unspecified atom stereocenters. The molecule has 1 saturated heterocycles. The van der Waals surface area contributed by atoms with Crippen molar-refractivity contribution in [3.63, 3.8) is 0 Å². The first-order valence-corrected chi connectivity index (χ1v) is 10.4. The van der Waals surface area contributed by atoms with Crippen LogP contribution < -0.4 is 4.74 Å². The molecule has 0 bridgehead atoms. The monoisotopic (exact) mass is 408 g/mol. The zero-order valence-corrected chi connectivity index (χ0v) is 17.7. The van der Waals surface area contributed by atoms with E-state index in [2.05, 4.69) is 15.2 Å². The number of amides is 1. The van der Waals surface area contributed by atoms with Gasteiger partial charge in [0, 0.05) is 25.2 Å². The van der Waals surface area contributed by atoms with E-state index >= 15 is 0 Å². The number of fused-ring (bicyclic) bond motifs is 1. The highest BCUT2D eigenvalue weighted by molar-refractivity contribution is 5.83. The average molecular weight is 409 g/mol. The number of likely N-dealkylation sites (tertiary alicyclic amines) is 1. The molecule has 0 aliphatic carbocycles. The third kappa shape index (κ3) is 4.56. The second-order valence-corrected chi connectivity index (χ2v) is 8.70. The van der Waals surface area contributed by atoms with Gasteiger partial charge in [-0.2, -0.15) is 0 Å². The number of nitrogens with one attached hydrogen (secondary N) is 1. The number of aromatic nitrogens is 3. The van der Waals surface area contributed by atoms with Crippen LogP contribution in [0.1, 0.15) is 45.4 Å². The second kappa shape index (κ2) is 8.34. The summed E-state index contributed by atoms with van der Waals surface area (Å²) >= 11 is 0. The maximum absolute atomic E-state index is 12.6. The number of hydrogen-bond acceptors (Lipinski definition) is 5. The molecule has 30 heavy (non-hydrogen) atoms. The number of H-pyrrole nitrogens is 1. The van der Waals surface area contributed by atoms with Gasteiger partial charge < -0.3 is 14.4 Å². The normalized spacial score (nSPS) is 18.2. The van der Waals surface area contributed by atoms with Gasteiger partial charge in [-0.25, -0.2) is 4.79 Å². The minimum atomic E-state index is -0.519. The van der Waals surface area contributed by atoms with Crippen molar-refractivity contribution in [2.45, 2.75) is 45.3 Å². The summed E-state index contributed by atoms with van der Waals surface area (Å²) in [6.07, 6.45) is 2.99. The number of piperidine rings is 1. The van der Waals surface area contributed by atoms with Gasteiger partial charge in [0.25, 0.3) is 0 Å². The molecule has 1 aliphatic heterocycles. The van der Waals surface area contributed by atoms with Crippen LogP contribution in [-0.2, 0) is 4.74 Å². The third-order valence-corrected chi connectivity index (χ3v) is 5.19. The van der Waals surface area contributed by atoms with Crippen LogP contribution in [0.3, 0.4) is 0 Å². The summed E-state index contributed by atoms with van der Waals surface area (Å²) in [4.78, 5) is 19.0. The summed E-state index contributed by atoms with van der Waals surface area (Å²) in [5.41, 5.74) is 1.24. The van der Waals surface area contributed by atoms with Crippen LogP contribution in [0, 0.1) is 5.92 Å². The first kappa shape index (κ1) is 20.2. The Labute approximate surface area is 176 Å². The van der Waals surface area contributed by atoms with E-state index in [0.717, 1.165) is 29.4 Å². The van der Waals surface area contributed by atoms with Gasteiger partial charge in [-0.3, -0.25) is 10.1 Å². The van der Waals surface area contributed by atoms with E-state index in [1.807, 2.05) is 63.2 Å². The van der Waals surface area contributed by atoms with Gasteiger partial charge >= 0.3 is 6.09 Å². The van der Waals surface area contributed by atoms with E-state index in [9.17, 15) is 4.79 Å². The molecule has 7 heteroatoms. The van der Waals surface area contributed by atoms with E-state index in [1.165, 1.54) is 0 Å². The van der Waals surface area contributed by atoms with Gasteiger partial charge in [-0.05, 0) is 57.9 Å². The predicted molar refractivity (Wildman–Crippen MR) is 114 cm³/mol. The summed E-state index contributed by atoms with van der Waals surface area (Å²) in [7, 11) is 0. The lowest BCUT2D eigenvalue weighted by Gasteiger charge is -2.37. The maximum atomic E-state index is 12.6. The SMILES string of the molecule is CC(C)(C)OC(=O)N1CCCC(C(Oc2n[nH]c3ccccc23)c2ccccn2)C1. The lowest BCUT2D eigenvalue weighted by atomic mass is 9.90. The highest BCUT2D eigenvalue weighted by Gasteiger charge is 2.35. The molecule has 1 aromatic carbocycles. The Morgan fingerprint density at radius 3 is 2.77 bits per heavy atom. The van der Waals surface area contributed by atoms with Crippen molar-refractivity contribution < 1.29 is 14.3 Å². The van der Waals surface area contributed by atoms with Crippen molar-refractivity contribution in [1.82, 2.24) is 20.1 Å². The Balaban J connectivity index is 1.59. The van der Waals surface area contributed by atoms with Crippen molar-refractivity contribution >= 4 is 17.0 Å². The lowest BCUT2D eigenvalue weighted by molar-refractivity contribution is 0.00505. The molecule has 0 spiro atoms. The number of carbonyl (C=O) groups excluding carboxylic acids is 1. The Kier molecular flexibility index (Phi) is 5.61. The number of nitrogens with zero attached hydrogens (tertiary/aromatic N) is 3. The van der Waals surface area contributed by atoms with Crippen LogP contribution in [0.4, 0.5) is 4.79 Å². The Morgan fingerprint density at radius 2 is 2.00 bits per heavy atom. The Bertz CT molecular complexity index is 996. The average Bonchev–Trinajstić information content (AvgIpc) is 3.14. The Morgan fingerprint density at radius 1 is 1.20 bits per heavy atom. The Hall–Kier alpha value is -3.09. The number of pyridine rings is 1. The van der Waals surface area contributed by atoms with Gasteiger partial charge in [0.1, 0.15) is 11.7 Å². The van der Waals surface area contributed by atoms with Gasteiger partial charge in [0.15, 0.2) is 0 Å². The highest BCUT2D eigenvalue weighted by atomic mass is 16.6. The van der Waals surface area contributed by atoms with E-state index < -0.39 is 5.60 Å². The van der Waals surface area contributed by atoms with E-state index in [4.69, 9.17) is 9.47 Å². The molecule has 2 aromatic heterocycles. The van der Waals surface area contributed by atoms with Crippen molar-refractivity contribution in [2.75, 3.05) is 13.1 Å². The summed E-state index contributed by atoms with van der Waals surface area (Å²) in [5, 5.41) is 8.33. The standard InChI is InChI=1S/C23H28N4O3/c1-23(2,3)30-22(28)27-14-8-9-16(15-27)20(19-12-6-7-13-24-19)29-21-17-10-4-5-11-18(17)25-26-21/h4-7,10-13,16,20H,8-9,14-15H2,1-3H3,(H,25,26). The molecule has 2 atom stereocenters. The molecule has 1 N–H and O–H groups in total. The number of para-hydroxylation sites is 1. The van der Waals surface area contributed by atoms with Gasteiger partial charge in [0.2, 0.25) is 5.88 Å². The molecule has 158 valence electrons. The smallest absolute Gasteiger partial charge is 0.410 e. The van der Waals surface area contributed by atoms with Crippen molar-refractivity contribution in [2.24, 2.45) is 5.92 Å². The molecule has 7 nitrogen and oxygen atoms in total. The number of ether oxygens (including phenoxy) is 2. The number of benzene rings is 1. The minimum Gasteiger partial charge on any atom is -0.466 e. The van der Waals surface area contributed by atoms with E-state index in [-0.39, 0.29) is 18.1 Å². The fourth-order valence-electron chi connectivity index (χ4n) is 3.84. The van der Waals surface area contributed by atoms with E-state index in [0.29, 0.717) is 19.0 Å². The lowest BCUT2D eigenvalue weighted by Crippen LogP contribution is -2.44. The molecule has 1 amide bonds. The maximum Gasteiger partial charge on any atom is 0.410 e. The van der Waals surface area contributed by atoms with Gasteiger partial charge in [-0.15, -0.1) is 5.10 Å². The number of rotatable bonds is 4.